The van der Waals surface area contributed by atoms with Crippen LogP contribution in [0.4, 0.5) is 11.5 Å². The van der Waals surface area contributed by atoms with Crippen molar-refractivity contribution in [3.8, 4) is 0 Å². The van der Waals surface area contributed by atoms with E-state index in [1.54, 1.807) is 12.3 Å². The lowest BCUT2D eigenvalue weighted by Crippen LogP contribution is -2.50. The lowest BCUT2D eigenvalue weighted by molar-refractivity contribution is -0.384. The minimum Gasteiger partial charge on any atom is -0.348 e. The summed E-state index contributed by atoms with van der Waals surface area (Å²) in [6.07, 6.45) is 4.06. The Balaban J connectivity index is 1.85. The summed E-state index contributed by atoms with van der Waals surface area (Å²) >= 11 is 0. The molecule has 3 heterocycles. The molecule has 1 aromatic rings. The van der Waals surface area contributed by atoms with Crippen LogP contribution in [0.15, 0.2) is 18.3 Å². The molecule has 3 rings (SSSR count). The summed E-state index contributed by atoms with van der Waals surface area (Å²) in [6.45, 7) is 3.84. The molecule has 0 bridgehead atoms. The number of rotatable bonds is 2. The van der Waals surface area contributed by atoms with Crippen molar-refractivity contribution in [1.29, 1.82) is 0 Å². The quantitative estimate of drug-likeness (QED) is 0.582. The molecule has 1 aromatic heterocycles. The van der Waals surface area contributed by atoms with Crippen LogP contribution in [0.1, 0.15) is 12.8 Å². The van der Waals surface area contributed by atoms with E-state index in [0.717, 1.165) is 19.6 Å². The van der Waals surface area contributed by atoms with Gasteiger partial charge in [-0.05, 0) is 25.5 Å². The highest BCUT2D eigenvalue weighted by atomic mass is 16.6. The normalized spacial score (nSPS) is 24.0. The van der Waals surface area contributed by atoms with E-state index in [9.17, 15) is 10.1 Å². The minimum absolute atomic E-state index is 0.115. The maximum atomic E-state index is 11.0. The van der Waals surface area contributed by atoms with Gasteiger partial charge in [0.05, 0.1) is 4.92 Å². The van der Waals surface area contributed by atoms with Crippen molar-refractivity contribution >= 4 is 11.5 Å². The third-order valence-corrected chi connectivity index (χ3v) is 3.85. The van der Waals surface area contributed by atoms with Gasteiger partial charge in [0, 0.05) is 37.9 Å². The van der Waals surface area contributed by atoms with E-state index in [2.05, 4.69) is 14.8 Å². The van der Waals surface area contributed by atoms with Gasteiger partial charge in [-0.15, -0.1) is 0 Å². The number of anilines is 1. The summed E-state index contributed by atoms with van der Waals surface area (Å²) in [5.41, 5.74) is 0.115. The Bertz CT molecular complexity index is 465. The monoisotopic (exact) mass is 248 g/mol. The van der Waals surface area contributed by atoms with E-state index < -0.39 is 0 Å². The second-order valence-corrected chi connectivity index (χ2v) is 4.88. The Morgan fingerprint density at radius 3 is 3.11 bits per heavy atom. The van der Waals surface area contributed by atoms with E-state index in [0.29, 0.717) is 11.9 Å². The Kier molecular flexibility index (Phi) is 2.87. The Hall–Kier alpha value is -1.69. The number of fused-ring (bicyclic) bond motifs is 1. The first-order valence-electron chi connectivity index (χ1n) is 6.34. The molecule has 0 saturated carbocycles. The second-order valence-electron chi connectivity index (χ2n) is 4.88. The molecule has 6 nitrogen and oxygen atoms in total. The smallest absolute Gasteiger partial charge is 0.311 e. The zero-order valence-corrected chi connectivity index (χ0v) is 10.2. The number of hydrogen-bond donors (Lipinski definition) is 0. The highest BCUT2D eigenvalue weighted by Crippen LogP contribution is 2.29. The van der Waals surface area contributed by atoms with E-state index in [1.807, 2.05) is 0 Å². The highest BCUT2D eigenvalue weighted by Gasteiger charge is 2.33. The van der Waals surface area contributed by atoms with Crippen molar-refractivity contribution in [3.05, 3.63) is 28.4 Å². The average molecular weight is 248 g/mol. The molecule has 0 spiro atoms. The Morgan fingerprint density at radius 2 is 2.28 bits per heavy atom. The van der Waals surface area contributed by atoms with Crippen LogP contribution in [-0.4, -0.2) is 47.0 Å². The molecular weight excluding hydrogens is 232 g/mol. The van der Waals surface area contributed by atoms with E-state index >= 15 is 0 Å². The molecule has 0 amide bonds. The second kappa shape index (κ2) is 4.53. The lowest BCUT2D eigenvalue weighted by Gasteiger charge is -2.37. The van der Waals surface area contributed by atoms with Crippen LogP contribution >= 0.6 is 0 Å². The molecule has 1 unspecified atom stereocenters. The summed E-state index contributed by atoms with van der Waals surface area (Å²) < 4.78 is 0. The molecule has 2 aliphatic rings. The molecule has 0 radical (unpaired) electrons. The number of nitro groups is 1. The van der Waals surface area contributed by atoms with Crippen LogP contribution in [0.5, 0.6) is 0 Å². The molecule has 18 heavy (non-hydrogen) atoms. The molecule has 2 fully saturated rings. The fourth-order valence-corrected chi connectivity index (χ4v) is 2.96. The van der Waals surface area contributed by atoms with Crippen molar-refractivity contribution < 1.29 is 4.92 Å². The molecule has 0 aromatic carbocycles. The van der Waals surface area contributed by atoms with Crippen molar-refractivity contribution in [2.45, 2.75) is 18.9 Å². The molecule has 96 valence electrons. The highest BCUT2D eigenvalue weighted by molar-refractivity contribution is 5.57. The van der Waals surface area contributed by atoms with Crippen molar-refractivity contribution in [2.24, 2.45) is 0 Å². The van der Waals surface area contributed by atoms with Crippen LogP contribution in [-0.2, 0) is 0 Å². The third kappa shape index (κ3) is 1.92. The SMILES string of the molecule is O=[N+]([O-])c1cccnc1N1CCN2CCCC2C1. The zero-order chi connectivity index (χ0) is 12.5. The predicted molar refractivity (Wildman–Crippen MR) is 67.7 cm³/mol. The van der Waals surface area contributed by atoms with Crippen LogP contribution in [0, 0.1) is 10.1 Å². The summed E-state index contributed by atoms with van der Waals surface area (Å²) in [5.74, 6) is 0.522. The van der Waals surface area contributed by atoms with Gasteiger partial charge in [-0.25, -0.2) is 4.98 Å². The molecule has 2 saturated heterocycles. The molecule has 1 atom stereocenters. The maximum absolute atomic E-state index is 11.0. The van der Waals surface area contributed by atoms with Crippen molar-refractivity contribution in [2.75, 3.05) is 31.1 Å². The van der Waals surface area contributed by atoms with Crippen molar-refractivity contribution in [3.63, 3.8) is 0 Å². The van der Waals surface area contributed by atoms with Gasteiger partial charge < -0.3 is 4.90 Å². The minimum atomic E-state index is -0.344. The van der Waals surface area contributed by atoms with Gasteiger partial charge in [0.2, 0.25) is 5.82 Å². The molecule has 0 N–H and O–H groups in total. The predicted octanol–water partition coefficient (Wildman–Crippen LogP) is 1.27. The van der Waals surface area contributed by atoms with Gasteiger partial charge in [-0.3, -0.25) is 15.0 Å². The van der Waals surface area contributed by atoms with Crippen LogP contribution in [0.2, 0.25) is 0 Å². The largest absolute Gasteiger partial charge is 0.348 e. The molecule has 0 aliphatic carbocycles. The Morgan fingerprint density at radius 1 is 1.39 bits per heavy atom. The first-order valence-corrected chi connectivity index (χ1v) is 6.34. The van der Waals surface area contributed by atoms with Crippen LogP contribution < -0.4 is 4.90 Å². The van der Waals surface area contributed by atoms with Crippen LogP contribution in [0.25, 0.3) is 0 Å². The first kappa shape index (κ1) is 11.4. The van der Waals surface area contributed by atoms with Gasteiger partial charge in [-0.1, -0.05) is 0 Å². The van der Waals surface area contributed by atoms with E-state index in [4.69, 9.17) is 0 Å². The van der Waals surface area contributed by atoms with Gasteiger partial charge in [-0.2, -0.15) is 0 Å². The number of piperazine rings is 1. The topological polar surface area (TPSA) is 62.5 Å². The van der Waals surface area contributed by atoms with Gasteiger partial charge in [0.15, 0.2) is 0 Å². The summed E-state index contributed by atoms with van der Waals surface area (Å²) in [5, 5.41) is 11.0. The third-order valence-electron chi connectivity index (χ3n) is 3.85. The average Bonchev–Trinajstić information content (AvgIpc) is 2.85. The zero-order valence-electron chi connectivity index (χ0n) is 10.2. The van der Waals surface area contributed by atoms with Crippen molar-refractivity contribution in [1.82, 2.24) is 9.88 Å². The summed E-state index contributed by atoms with van der Waals surface area (Å²) in [7, 11) is 0. The van der Waals surface area contributed by atoms with E-state index in [-0.39, 0.29) is 10.6 Å². The number of pyridine rings is 1. The standard InChI is InChI=1S/C12H16N4O2/c17-16(18)11-4-1-5-13-12(11)15-8-7-14-6-2-3-10(14)9-15/h1,4-5,10H,2-3,6-9H2. The number of nitrogens with zero attached hydrogens (tertiary/aromatic N) is 4. The Labute approximate surface area is 105 Å². The first-order chi connectivity index (χ1) is 8.75. The molecule has 6 heteroatoms. The van der Waals surface area contributed by atoms with Crippen LogP contribution in [0.3, 0.4) is 0 Å². The maximum Gasteiger partial charge on any atom is 0.311 e. The molecule has 2 aliphatic heterocycles. The fraction of sp³-hybridized carbons (Fsp3) is 0.583. The van der Waals surface area contributed by atoms with Gasteiger partial charge in [0.25, 0.3) is 0 Å². The fourth-order valence-electron chi connectivity index (χ4n) is 2.96. The number of hydrogen-bond acceptors (Lipinski definition) is 5. The lowest BCUT2D eigenvalue weighted by atomic mass is 10.1. The number of aromatic nitrogens is 1. The van der Waals surface area contributed by atoms with E-state index in [1.165, 1.54) is 25.5 Å². The summed E-state index contributed by atoms with van der Waals surface area (Å²) in [6, 6.07) is 3.69. The summed E-state index contributed by atoms with van der Waals surface area (Å²) in [4.78, 5) is 19.4. The van der Waals surface area contributed by atoms with Gasteiger partial charge >= 0.3 is 5.69 Å². The van der Waals surface area contributed by atoms with Gasteiger partial charge in [0.1, 0.15) is 0 Å². The molecular formula is C12H16N4O2.